The maximum atomic E-state index is 11.8. The van der Waals surface area contributed by atoms with Crippen molar-refractivity contribution in [3.8, 4) is 0 Å². The molecule has 7 nitrogen and oxygen atoms in total. The lowest BCUT2D eigenvalue weighted by Crippen LogP contribution is -2.38. The third-order valence-corrected chi connectivity index (χ3v) is 6.64. The second-order valence-electron chi connectivity index (χ2n) is 7.31. The average molecular weight is 445 g/mol. The molecule has 1 aliphatic rings. The van der Waals surface area contributed by atoms with Gasteiger partial charge in [0.2, 0.25) is 5.28 Å². The standard InChI is InChI=1S/C21H25ClN6OS/c1-2-3-9-28(14-16-7-5-4-6-8-16)19-18-17(23-15-24-19)20(26-21(22)25-18)27-10-12-30(29)13-11-27/h4-8,15H,2-3,9-14H2,1H3. The van der Waals surface area contributed by atoms with Crippen LogP contribution in [0.1, 0.15) is 25.3 Å². The molecule has 0 spiro atoms. The van der Waals surface area contributed by atoms with Gasteiger partial charge < -0.3 is 9.80 Å². The first-order valence-corrected chi connectivity index (χ1v) is 12.1. The van der Waals surface area contributed by atoms with Crippen LogP contribution >= 0.6 is 11.6 Å². The number of hydrogen-bond donors (Lipinski definition) is 0. The Kier molecular flexibility index (Phi) is 6.74. The van der Waals surface area contributed by atoms with Crippen LogP contribution in [0.25, 0.3) is 11.0 Å². The van der Waals surface area contributed by atoms with E-state index < -0.39 is 10.8 Å². The summed E-state index contributed by atoms with van der Waals surface area (Å²) in [6.07, 6.45) is 3.70. The molecule has 0 aliphatic carbocycles. The maximum absolute atomic E-state index is 11.8. The van der Waals surface area contributed by atoms with Gasteiger partial charge in [-0.1, -0.05) is 43.7 Å². The van der Waals surface area contributed by atoms with E-state index in [0.717, 1.165) is 31.7 Å². The average Bonchev–Trinajstić information content (AvgIpc) is 2.77. The van der Waals surface area contributed by atoms with Gasteiger partial charge in [-0.2, -0.15) is 4.98 Å². The molecule has 0 bridgehead atoms. The Morgan fingerprint density at radius 3 is 2.60 bits per heavy atom. The van der Waals surface area contributed by atoms with Crippen LogP contribution < -0.4 is 9.80 Å². The number of aromatic nitrogens is 4. The van der Waals surface area contributed by atoms with Gasteiger partial charge in [-0.25, -0.2) is 15.0 Å². The van der Waals surface area contributed by atoms with Crippen molar-refractivity contribution in [3.63, 3.8) is 0 Å². The van der Waals surface area contributed by atoms with Gasteiger partial charge in [-0.05, 0) is 23.6 Å². The van der Waals surface area contributed by atoms with Gasteiger partial charge in [0.05, 0.1) is 0 Å². The molecule has 158 valence electrons. The van der Waals surface area contributed by atoms with Gasteiger partial charge in [0.25, 0.3) is 0 Å². The summed E-state index contributed by atoms with van der Waals surface area (Å²) >= 11 is 6.33. The lowest BCUT2D eigenvalue weighted by Gasteiger charge is -2.29. The predicted molar refractivity (Wildman–Crippen MR) is 123 cm³/mol. The lowest BCUT2D eigenvalue weighted by molar-refractivity contribution is 0.672. The van der Waals surface area contributed by atoms with Gasteiger partial charge in [0.1, 0.15) is 17.4 Å². The highest BCUT2D eigenvalue weighted by atomic mass is 35.5. The summed E-state index contributed by atoms with van der Waals surface area (Å²) in [5, 5.41) is 0.176. The highest BCUT2D eigenvalue weighted by Crippen LogP contribution is 2.30. The molecule has 1 saturated heterocycles. The quantitative estimate of drug-likeness (QED) is 0.516. The summed E-state index contributed by atoms with van der Waals surface area (Å²) in [5.74, 6) is 2.71. The SMILES string of the molecule is CCCCN(Cc1ccccc1)c1ncnc2c(N3CCS(=O)CC3)nc(Cl)nc12. The molecule has 9 heteroatoms. The fraction of sp³-hybridized carbons (Fsp3) is 0.429. The molecule has 4 rings (SSSR count). The number of hydrogen-bond acceptors (Lipinski definition) is 7. The van der Waals surface area contributed by atoms with Crippen LogP contribution in [0.15, 0.2) is 36.7 Å². The van der Waals surface area contributed by atoms with E-state index in [1.165, 1.54) is 5.56 Å². The monoisotopic (exact) mass is 444 g/mol. The number of benzene rings is 1. The van der Waals surface area contributed by atoms with Gasteiger partial charge in [-0.15, -0.1) is 0 Å². The summed E-state index contributed by atoms with van der Waals surface area (Å²) in [6, 6.07) is 10.3. The van der Waals surface area contributed by atoms with Gasteiger partial charge in [0.15, 0.2) is 11.6 Å². The van der Waals surface area contributed by atoms with Crippen LogP contribution in [0.2, 0.25) is 5.28 Å². The number of fused-ring (bicyclic) bond motifs is 1. The summed E-state index contributed by atoms with van der Waals surface area (Å²) in [5.41, 5.74) is 2.55. The van der Waals surface area contributed by atoms with Crippen LogP contribution in [0, 0.1) is 0 Å². The smallest absolute Gasteiger partial charge is 0.225 e. The molecule has 30 heavy (non-hydrogen) atoms. The third kappa shape index (κ3) is 4.70. The number of anilines is 2. The second kappa shape index (κ2) is 9.66. The molecule has 2 aromatic heterocycles. The van der Waals surface area contributed by atoms with E-state index in [2.05, 4.69) is 48.8 Å². The molecular weight excluding hydrogens is 420 g/mol. The molecular formula is C21H25ClN6OS. The Labute approximate surface area is 184 Å². The molecule has 1 fully saturated rings. The maximum Gasteiger partial charge on any atom is 0.225 e. The number of nitrogens with zero attached hydrogens (tertiary/aromatic N) is 6. The molecule has 0 amide bonds. The Balaban J connectivity index is 1.76. The van der Waals surface area contributed by atoms with Gasteiger partial charge in [0, 0.05) is 48.5 Å². The zero-order valence-corrected chi connectivity index (χ0v) is 18.6. The summed E-state index contributed by atoms with van der Waals surface area (Å²) in [6.45, 7) is 5.09. The highest BCUT2D eigenvalue weighted by Gasteiger charge is 2.23. The molecule has 1 aromatic carbocycles. The minimum atomic E-state index is -0.771. The van der Waals surface area contributed by atoms with Crippen LogP contribution in [0.4, 0.5) is 11.6 Å². The molecule has 1 aliphatic heterocycles. The fourth-order valence-electron chi connectivity index (χ4n) is 3.61. The van der Waals surface area contributed by atoms with Crippen molar-refractivity contribution < 1.29 is 4.21 Å². The Morgan fingerprint density at radius 2 is 1.87 bits per heavy atom. The van der Waals surface area contributed by atoms with Crippen molar-refractivity contribution in [2.45, 2.75) is 26.3 Å². The van der Waals surface area contributed by atoms with Crippen molar-refractivity contribution in [2.24, 2.45) is 0 Å². The first kappa shape index (κ1) is 20.9. The molecule has 0 N–H and O–H groups in total. The lowest BCUT2D eigenvalue weighted by atomic mass is 10.2. The van der Waals surface area contributed by atoms with E-state index in [0.29, 0.717) is 41.4 Å². The van der Waals surface area contributed by atoms with E-state index in [-0.39, 0.29) is 5.28 Å². The van der Waals surface area contributed by atoms with Crippen molar-refractivity contribution in [3.05, 3.63) is 47.5 Å². The van der Waals surface area contributed by atoms with Crippen LogP contribution in [-0.2, 0) is 17.3 Å². The van der Waals surface area contributed by atoms with Crippen LogP contribution in [0.3, 0.4) is 0 Å². The largest absolute Gasteiger partial charge is 0.353 e. The molecule has 0 unspecified atom stereocenters. The zero-order chi connectivity index (χ0) is 20.9. The molecule has 3 heterocycles. The number of halogens is 1. The molecule has 0 atom stereocenters. The van der Waals surface area contributed by atoms with Gasteiger partial charge >= 0.3 is 0 Å². The van der Waals surface area contributed by atoms with Crippen LogP contribution in [-0.4, -0.2) is 55.3 Å². The minimum Gasteiger partial charge on any atom is -0.353 e. The first-order valence-electron chi connectivity index (χ1n) is 10.2. The Bertz CT molecular complexity index is 1020. The van der Waals surface area contributed by atoms with E-state index in [1.807, 2.05) is 18.2 Å². The van der Waals surface area contributed by atoms with Crippen molar-refractivity contribution in [1.29, 1.82) is 0 Å². The second-order valence-corrected chi connectivity index (χ2v) is 9.34. The van der Waals surface area contributed by atoms with Gasteiger partial charge in [-0.3, -0.25) is 4.21 Å². The highest BCUT2D eigenvalue weighted by molar-refractivity contribution is 7.85. The fourth-order valence-corrected chi connectivity index (χ4v) is 4.82. The topological polar surface area (TPSA) is 75.1 Å². The first-order chi connectivity index (χ1) is 14.7. The van der Waals surface area contributed by atoms with Crippen molar-refractivity contribution in [2.75, 3.05) is 40.9 Å². The Morgan fingerprint density at radius 1 is 1.10 bits per heavy atom. The third-order valence-electron chi connectivity index (χ3n) is 5.19. The summed E-state index contributed by atoms with van der Waals surface area (Å²) in [4.78, 5) is 22.4. The van der Waals surface area contributed by atoms with E-state index >= 15 is 0 Å². The van der Waals surface area contributed by atoms with Crippen LogP contribution in [0.5, 0.6) is 0 Å². The van der Waals surface area contributed by atoms with E-state index in [1.54, 1.807) is 6.33 Å². The minimum absolute atomic E-state index is 0.176. The van der Waals surface area contributed by atoms with E-state index in [4.69, 9.17) is 11.6 Å². The van der Waals surface area contributed by atoms with Crippen molar-refractivity contribution >= 4 is 45.1 Å². The Hall–Kier alpha value is -2.32. The molecule has 3 aromatic rings. The predicted octanol–water partition coefficient (Wildman–Crippen LogP) is 3.45. The zero-order valence-electron chi connectivity index (χ0n) is 17.0. The molecule has 0 radical (unpaired) electrons. The normalized spacial score (nSPS) is 14.9. The van der Waals surface area contributed by atoms with E-state index in [9.17, 15) is 4.21 Å². The van der Waals surface area contributed by atoms with Crippen molar-refractivity contribution in [1.82, 2.24) is 19.9 Å². The number of unbranched alkanes of at least 4 members (excludes halogenated alkanes) is 1. The molecule has 0 saturated carbocycles. The summed E-state index contributed by atoms with van der Waals surface area (Å²) < 4.78 is 11.8. The number of rotatable bonds is 7. The summed E-state index contributed by atoms with van der Waals surface area (Å²) in [7, 11) is -0.771.